The quantitative estimate of drug-likeness (QED) is 0.915. The molecule has 5 heteroatoms. The van der Waals surface area contributed by atoms with Crippen LogP contribution in [-0.2, 0) is 4.79 Å². The Labute approximate surface area is 131 Å². The number of aliphatic carboxylic acids is 1. The number of benzene rings is 1. The molecule has 0 saturated carbocycles. The molecular weight excluding hydrogens is 332 g/mol. The van der Waals surface area contributed by atoms with Gasteiger partial charge in [0.1, 0.15) is 5.82 Å². The van der Waals surface area contributed by atoms with E-state index in [1.807, 2.05) is 18.2 Å². The standard InChI is InChI=1S/C16H17BrN2O2/c17-14-6-3-5-13-12(14)7-8-18-16(13)19-9-2-1-4-11(19)10-15(20)21/h3,5-8,11H,1-2,4,9-10H2,(H,20,21). The van der Waals surface area contributed by atoms with Crippen LogP contribution >= 0.6 is 15.9 Å². The van der Waals surface area contributed by atoms with Gasteiger partial charge in [-0.25, -0.2) is 4.98 Å². The summed E-state index contributed by atoms with van der Waals surface area (Å²) < 4.78 is 1.04. The molecule has 110 valence electrons. The largest absolute Gasteiger partial charge is 0.481 e. The number of rotatable bonds is 3. The number of pyridine rings is 1. The first-order chi connectivity index (χ1) is 10.2. The summed E-state index contributed by atoms with van der Waals surface area (Å²) in [4.78, 5) is 17.8. The summed E-state index contributed by atoms with van der Waals surface area (Å²) in [6.07, 6.45) is 5.06. The number of carboxylic acid groups (broad SMARTS) is 1. The molecule has 0 bridgehead atoms. The molecule has 1 saturated heterocycles. The van der Waals surface area contributed by atoms with Crippen molar-refractivity contribution in [1.29, 1.82) is 0 Å². The molecule has 2 heterocycles. The SMILES string of the molecule is O=C(O)CC1CCCCN1c1nccc2c(Br)cccc12. The van der Waals surface area contributed by atoms with Crippen LogP contribution in [0.1, 0.15) is 25.7 Å². The molecule has 0 amide bonds. The van der Waals surface area contributed by atoms with Gasteiger partial charge in [0.15, 0.2) is 0 Å². The molecule has 21 heavy (non-hydrogen) atoms. The first kappa shape index (κ1) is 14.3. The summed E-state index contributed by atoms with van der Waals surface area (Å²) in [6.45, 7) is 0.872. The summed E-state index contributed by atoms with van der Waals surface area (Å²) in [6, 6.07) is 8.08. The number of nitrogens with zero attached hydrogens (tertiary/aromatic N) is 2. The lowest BCUT2D eigenvalue weighted by molar-refractivity contribution is -0.137. The predicted octanol–water partition coefficient (Wildman–Crippen LogP) is 3.83. The highest BCUT2D eigenvalue weighted by Gasteiger charge is 2.26. The van der Waals surface area contributed by atoms with Gasteiger partial charge in [-0.05, 0) is 31.4 Å². The maximum Gasteiger partial charge on any atom is 0.305 e. The van der Waals surface area contributed by atoms with Crippen LogP contribution in [0, 0.1) is 0 Å². The van der Waals surface area contributed by atoms with Crippen LogP contribution in [0.2, 0.25) is 0 Å². The molecule has 1 aliphatic rings. The average molecular weight is 349 g/mol. The van der Waals surface area contributed by atoms with Gasteiger partial charge in [0, 0.05) is 34.0 Å². The highest BCUT2D eigenvalue weighted by molar-refractivity contribution is 9.10. The molecule has 0 aliphatic carbocycles. The van der Waals surface area contributed by atoms with E-state index in [1.165, 1.54) is 0 Å². The second-order valence-electron chi connectivity index (χ2n) is 5.41. The lowest BCUT2D eigenvalue weighted by atomic mass is 9.98. The topological polar surface area (TPSA) is 53.4 Å². The van der Waals surface area contributed by atoms with Gasteiger partial charge in [-0.15, -0.1) is 0 Å². The highest BCUT2D eigenvalue weighted by Crippen LogP contribution is 2.33. The number of carbonyl (C=O) groups is 1. The fraction of sp³-hybridized carbons (Fsp3) is 0.375. The van der Waals surface area contributed by atoms with Crippen molar-refractivity contribution >= 4 is 38.5 Å². The molecule has 4 nitrogen and oxygen atoms in total. The van der Waals surface area contributed by atoms with Crippen LogP contribution in [0.3, 0.4) is 0 Å². The van der Waals surface area contributed by atoms with Crippen LogP contribution in [0.5, 0.6) is 0 Å². The summed E-state index contributed by atoms with van der Waals surface area (Å²) >= 11 is 3.57. The van der Waals surface area contributed by atoms with E-state index >= 15 is 0 Å². The number of carboxylic acids is 1. The van der Waals surface area contributed by atoms with Gasteiger partial charge in [-0.3, -0.25) is 4.79 Å². The molecule has 1 atom stereocenters. The number of piperidine rings is 1. The summed E-state index contributed by atoms with van der Waals surface area (Å²) in [5.41, 5.74) is 0. The molecule has 1 aromatic carbocycles. The average Bonchev–Trinajstić information content (AvgIpc) is 2.47. The van der Waals surface area contributed by atoms with Gasteiger partial charge in [-0.1, -0.05) is 28.1 Å². The molecule has 1 N–H and O–H groups in total. The van der Waals surface area contributed by atoms with Gasteiger partial charge < -0.3 is 10.0 Å². The minimum atomic E-state index is -0.742. The number of hydrogen-bond acceptors (Lipinski definition) is 3. The van der Waals surface area contributed by atoms with Gasteiger partial charge in [0.05, 0.1) is 6.42 Å². The van der Waals surface area contributed by atoms with E-state index < -0.39 is 5.97 Å². The highest BCUT2D eigenvalue weighted by atomic mass is 79.9. The van der Waals surface area contributed by atoms with E-state index in [0.29, 0.717) is 0 Å². The normalized spacial score (nSPS) is 18.9. The van der Waals surface area contributed by atoms with Crippen molar-refractivity contribution in [1.82, 2.24) is 4.98 Å². The van der Waals surface area contributed by atoms with Crippen molar-refractivity contribution in [3.8, 4) is 0 Å². The zero-order valence-electron chi connectivity index (χ0n) is 11.6. The molecule has 2 aromatic rings. The second kappa shape index (κ2) is 6.02. The number of fused-ring (bicyclic) bond motifs is 1. The minimum Gasteiger partial charge on any atom is -0.481 e. The predicted molar refractivity (Wildman–Crippen MR) is 86.7 cm³/mol. The maximum atomic E-state index is 11.1. The Bertz CT molecular complexity index is 674. The third-order valence-corrected chi connectivity index (χ3v) is 4.73. The smallest absolute Gasteiger partial charge is 0.305 e. The third kappa shape index (κ3) is 2.88. The van der Waals surface area contributed by atoms with E-state index in [0.717, 1.165) is 46.9 Å². The van der Waals surface area contributed by atoms with Crippen molar-refractivity contribution < 1.29 is 9.90 Å². The summed E-state index contributed by atoms with van der Waals surface area (Å²) in [5, 5.41) is 11.3. The zero-order valence-corrected chi connectivity index (χ0v) is 13.2. The first-order valence-electron chi connectivity index (χ1n) is 7.18. The number of anilines is 1. The zero-order chi connectivity index (χ0) is 14.8. The molecule has 1 aliphatic heterocycles. The van der Waals surface area contributed by atoms with E-state index in [9.17, 15) is 4.79 Å². The Hall–Kier alpha value is -1.62. The van der Waals surface area contributed by atoms with Crippen LogP contribution < -0.4 is 4.90 Å². The summed E-state index contributed by atoms with van der Waals surface area (Å²) in [7, 11) is 0. The van der Waals surface area contributed by atoms with Crippen molar-refractivity contribution in [2.75, 3.05) is 11.4 Å². The Morgan fingerprint density at radius 3 is 3.00 bits per heavy atom. The van der Waals surface area contributed by atoms with Gasteiger partial charge in [-0.2, -0.15) is 0 Å². The lowest BCUT2D eigenvalue weighted by Gasteiger charge is -2.36. The van der Waals surface area contributed by atoms with Crippen molar-refractivity contribution in [3.05, 3.63) is 34.9 Å². The van der Waals surface area contributed by atoms with E-state index in [1.54, 1.807) is 6.20 Å². The number of aromatic nitrogens is 1. The second-order valence-corrected chi connectivity index (χ2v) is 6.26. The first-order valence-corrected chi connectivity index (χ1v) is 7.98. The van der Waals surface area contributed by atoms with Crippen LogP contribution in [0.15, 0.2) is 34.9 Å². The Morgan fingerprint density at radius 1 is 1.33 bits per heavy atom. The van der Waals surface area contributed by atoms with Crippen molar-refractivity contribution in [2.24, 2.45) is 0 Å². The van der Waals surface area contributed by atoms with Crippen LogP contribution in [0.4, 0.5) is 5.82 Å². The molecule has 3 rings (SSSR count). The van der Waals surface area contributed by atoms with E-state index in [2.05, 4.69) is 31.9 Å². The van der Waals surface area contributed by atoms with Crippen molar-refractivity contribution in [3.63, 3.8) is 0 Å². The fourth-order valence-corrected chi connectivity index (χ4v) is 3.57. The molecule has 0 spiro atoms. The molecule has 1 unspecified atom stereocenters. The van der Waals surface area contributed by atoms with E-state index in [-0.39, 0.29) is 12.5 Å². The minimum absolute atomic E-state index is 0.0355. The lowest BCUT2D eigenvalue weighted by Crippen LogP contribution is -2.41. The maximum absolute atomic E-state index is 11.1. The Kier molecular flexibility index (Phi) is 4.10. The fourth-order valence-electron chi connectivity index (χ4n) is 3.08. The molecule has 1 aromatic heterocycles. The van der Waals surface area contributed by atoms with Gasteiger partial charge in [0.25, 0.3) is 0 Å². The van der Waals surface area contributed by atoms with Gasteiger partial charge in [0.2, 0.25) is 0 Å². The third-order valence-electron chi connectivity index (χ3n) is 4.04. The monoisotopic (exact) mass is 348 g/mol. The summed E-state index contributed by atoms with van der Waals surface area (Å²) in [5.74, 6) is 0.160. The van der Waals surface area contributed by atoms with Crippen LogP contribution in [-0.4, -0.2) is 28.6 Å². The number of halogens is 1. The Balaban J connectivity index is 2.05. The van der Waals surface area contributed by atoms with E-state index in [4.69, 9.17) is 5.11 Å². The molecular formula is C16H17BrN2O2. The van der Waals surface area contributed by atoms with Crippen LogP contribution in [0.25, 0.3) is 10.8 Å². The number of hydrogen-bond donors (Lipinski definition) is 1. The van der Waals surface area contributed by atoms with Crippen molar-refractivity contribution in [2.45, 2.75) is 31.7 Å². The Morgan fingerprint density at radius 2 is 2.19 bits per heavy atom. The van der Waals surface area contributed by atoms with Gasteiger partial charge >= 0.3 is 5.97 Å². The molecule has 1 fully saturated rings. The molecule has 0 radical (unpaired) electrons.